The highest BCUT2D eigenvalue weighted by Gasteiger charge is 2.06. The number of halogens is 1. The summed E-state index contributed by atoms with van der Waals surface area (Å²) in [4.78, 5) is 4.32. The van der Waals surface area contributed by atoms with Gasteiger partial charge in [-0.1, -0.05) is 23.7 Å². The molecule has 3 rings (SSSR count). The zero-order valence-corrected chi connectivity index (χ0v) is 10.7. The number of nitrogens with zero attached hydrogens (tertiary/aromatic N) is 3. The predicted octanol–water partition coefficient (Wildman–Crippen LogP) is 2.54. The molecule has 5 nitrogen and oxygen atoms in total. The minimum Gasteiger partial charge on any atom is -0.485 e. The maximum absolute atomic E-state index is 5.88. The van der Waals surface area contributed by atoms with Crippen LogP contribution in [0.5, 0.6) is 5.75 Å². The molecule has 2 N–H and O–H groups in total. The van der Waals surface area contributed by atoms with Gasteiger partial charge in [0.2, 0.25) is 0 Å². The van der Waals surface area contributed by atoms with Crippen molar-refractivity contribution < 1.29 is 4.74 Å². The van der Waals surface area contributed by atoms with Gasteiger partial charge in [-0.2, -0.15) is 4.52 Å². The number of nitrogens with two attached hydrogens (primary N) is 1. The Morgan fingerprint density at radius 1 is 1.21 bits per heavy atom. The molecule has 0 aliphatic carbocycles. The Morgan fingerprint density at radius 2 is 2.05 bits per heavy atom. The Morgan fingerprint density at radius 3 is 2.84 bits per heavy atom. The molecule has 0 saturated heterocycles. The van der Waals surface area contributed by atoms with Crippen LogP contribution in [0.15, 0.2) is 42.5 Å². The van der Waals surface area contributed by atoms with E-state index in [4.69, 9.17) is 22.1 Å². The van der Waals surface area contributed by atoms with Gasteiger partial charge in [-0.25, -0.2) is 4.98 Å². The first-order valence-electron chi connectivity index (χ1n) is 5.71. The second-order valence-electron chi connectivity index (χ2n) is 3.99. The molecule has 1 aromatic carbocycles. The third kappa shape index (κ3) is 2.46. The fourth-order valence-electron chi connectivity index (χ4n) is 1.74. The number of anilines is 1. The number of benzene rings is 1. The van der Waals surface area contributed by atoms with E-state index in [1.807, 2.05) is 24.3 Å². The molecule has 0 aliphatic heterocycles. The molecule has 0 bridgehead atoms. The summed E-state index contributed by atoms with van der Waals surface area (Å²) in [6.07, 6.45) is 0. The van der Waals surface area contributed by atoms with Crippen molar-refractivity contribution in [2.45, 2.75) is 6.61 Å². The molecular weight excluding hydrogens is 264 g/mol. The molecule has 19 heavy (non-hydrogen) atoms. The molecule has 0 fully saturated rings. The number of nitrogen functional groups attached to an aromatic ring is 1. The number of fused-ring (bicyclic) bond motifs is 1. The van der Waals surface area contributed by atoms with Crippen molar-refractivity contribution in [1.29, 1.82) is 0 Å². The number of hydrogen-bond donors (Lipinski definition) is 1. The number of aromatic nitrogens is 3. The molecule has 0 amide bonds. The highest BCUT2D eigenvalue weighted by atomic mass is 35.5. The van der Waals surface area contributed by atoms with Crippen molar-refractivity contribution >= 4 is 23.1 Å². The van der Waals surface area contributed by atoms with Crippen LogP contribution in [0.4, 0.5) is 5.82 Å². The highest BCUT2D eigenvalue weighted by molar-refractivity contribution is 6.30. The third-order valence-electron chi connectivity index (χ3n) is 2.60. The maximum Gasteiger partial charge on any atom is 0.189 e. The summed E-state index contributed by atoms with van der Waals surface area (Å²) in [5, 5.41) is 4.90. The fourth-order valence-corrected chi connectivity index (χ4v) is 1.92. The van der Waals surface area contributed by atoms with E-state index in [1.165, 1.54) is 0 Å². The molecule has 0 atom stereocenters. The van der Waals surface area contributed by atoms with E-state index in [0.29, 0.717) is 28.1 Å². The van der Waals surface area contributed by atoms with Gasteiger partial charge in [-0.05, 0) is 30.3 Å². The predicted molar refractivity (Wildman–Crippen MR) is 73.2 cm³/mol. The lowest BCUT2D eigenvalue weighted by atomic mass is 10.3. The molecular formula is C13H11ClN4O. The summed E-state index contributed by atoms with van der Waals surface area (Å²) < 4.78 is 7.16. The van der Waals surface area contributed by atoms with Gasteiger partial charge < -0.3 is 10.5 Å². The van der Waals surface area contributed by atoms with Crippen molar-refractivity contribution in [2.24, 2.45) is 0 Å². The van der Waals surface area contributed by atoms with Gasteiger partial charge in [0.15, 0.2) is 11.5 Å². The van der Waals surface area contributed by atoms with Crippen molar-refractivity contribution in [3.8, 4) is 5.75 Å². The normalized spacial score (nSPS) is 10.8. The average Bonchev–Trinajstić information content (AvgIpc) is 2.81. The van der Waals surface area contributed by atoms with E-state index in [-0.39, 0.29) is 6.61 Å². The van der Waals surface area contributed by atoms with Gasteiger partial charge in [0.25, 0.3) is 0 Å². The Labute approximate surface area is 114 Å². The van der Waals surface area contributed by atoms with Gasteiger partial charge in [0, 0.05) is 5.02 Å². The molecule has 0 spiro atoms. The topological polar surface area (TPSA) is 65.4 Å². The molecule has 3 aromatic rings. The van der Waals surface area contributed by atoms with Crippen LogP contribution >= 0.6 is 11.6 Å². The van der Waals surface area contributed by atoms with Gasteiger partial charge >= 0.3 is 0 Å². The van der Waals surface area contributed by atoms with Crippen LogP contribution in [0.2, 0.25) is 5.02 Å². The smallest absolute Gasteiger partial charge is 0.189 e. The summed E-state index contributed by atoms with van der Waals surface area (Å²) in [6, 6.07) is 12.6. The van der Waals surface area contributed by atoms with E-state index >= 15 is 0 Å². The molecule has 2 heterocycles. The summed E-state index contributed by atoms with van der Waals surface area (Å²) >= 11 is 5.88. The Bertz CT molecular complexity index is 725. The first kappa shape index (κ1) is 11.8. The summed E-state index contributed by atoms with van der Waals surface area (Å²) in [6.45, 7) is 0.265. The summed E-state index contributed by atoms with van der Waals surface area (Å²) in [5.74, 6) is 1.79. The number of pyridine rings is 1. The lowest BCUT2D eigenvalue weighted by Gasteiger charge is -2.02. The minimum absolute atomic E-state index is 0.265. The second kappa shape index (κ2) is 4.78. The van der Waals surface area contributed by atoms with Crippen LogP contribution in [-0.4, -0.2) is 14.6 Å². The molecule has 0 aliphatic rings. The zero-order chi connectivity index (χ0) is 13.2. The first-order valence-corrected chi connectivity index (χ1v) is 6.09. The van der Waals surface area contributed by atoms with E-state index in [0.717, 1.165) is 0 Å². The number of rotatable bonds is 3. The molecule has 2 aromatic heterocycles. The number of hydrogen-bond acceptors (Lipinski definition) is 4. The largest absolute Gasteiger partial charge is 0.485 e. The van der Waals surface area contributed by atoms with Crippen LogP contribution in [0.25, 0.3) is 5.65 Å². The van der Waals surface area contributed by atoms with E-state index in [2.05, 4.69) is 10.1 Å². The minimum atomic E-state index is 0.265. The van der Waals surface area contributed by atoms with Crippen LogP contribution in [0.1, 0.15) is 5.82 Å². The lowest BCUT2D eigenvalue weighted by molar-refractivity contribution is 0.296. The third-order valence-corrected chi connectivity index (χ3v) is 2.83. The molecule has 6 heteroatoms. The number of ether oxygens (including phenoxy) is 1. The lowest BCUT2D eigenvalue weighted by Crippen LogP contribution is -2.00. The Balaban J connectivity index is 1.80. The molecule has 0 unspecified atom stereocenters. The molecule has 0 saturated carbocycles. The molecule has 96 valence electrons. The highest BCUT2D eigenvalue weighted by Crippen LogP contribution is 2.18. The Hall–Kier alpha value is -2.27. The quantitative estimate of drug-likeness (QED) is 0.797. The van der Waals surface area contributed by atoms with Gasteiger partial charge in [-0.3, -0.25) is 0 Å². The monoisotopic (exact) mass is 274 g/mol. The zero-order valence-electron chi connectivity index (χ0n) is 9.95. The van der Waals surface area contributed by atoms with Crippen molar-refractivity contribution in [2.75, 3.05) is 5.73 Å². The van der Waals surface area contributed by atoms with Crippen LogP contribution in [0.3, 0.4) is 0 Å². The van der Waals surface area contributed by atoms with Crippen LogP contribution < -0.4 is 10.5 Å². The molecule has 0 radical (unpaired) electrons. The van der Waals surface area contributed by atoms with Crippen molar-refractivity contribution in [3.05, 3.63) is 53.3 Å². The van der Waals surface area contributed by atoms with Crippen molar-refractivity contribution in [1.82, 2.24) is 14.6 Å². The van der Waals surface area contributed by atoms with Gasteiger partial charge in [0.05, 0.1) is 0 Å². The van der Waals surface area contributed by atoms with Crippen LogP contribution in [-0.2, 0) is 6.61 Å². The maximum atomic E-state index is 5.88. The van der Waals surface area contributed by atoms with Gasteiger partial charge in [0.1, 0.15) is 18.2 Å². The summed E-state index contributed by atoms with van der Waals surface area (Å²) in [7, 11) is 0. The Kier molecular flexibility index (Phi) is 2.97. The average molecular weight is 275 g/mol. The SMILES string of the molecule is Nc1cccc2nc(COc3cccc(Cl)c3)nn12. The first-order chi connectivity index (χ1) is 9.22. The van der Waals surface area contributed by atoms with E-state index < -0.39 is 0 Å². The fraction of sp³-hybridized carbons (Fsp3) is 0.0769. The summed E-state index contributed by atoms with van der Waals surface area (Å²) in [5.41, 5.74) is 6.50. The van der Waals surface area contributed by atoms with Crippen LogP contribution in [0, 0.1) is 0 Å². The van der Waals surface area contributed by atoms with Crippen molar-refractivity contribution in [3.63, 3.8) is 0 Å². The standard InChI is InChI=1S/C13H11ClN4O/c14-9-3-1-4-10(7-9)19-8-12-16-13-6-2-5-11(15)18(13)17-12/h1-7H,8,15H2. The second-order valence-corrected chi connectivity index (χ2v) is 4.43. The van der Waals surface area contributed by atoms with Gasteiger partial charge in [-0.15, -0.1) is 5.10 Å². The van der Waals surface area contributed by atoms with E-state index in [9.17, 15) is 0 Å². The van der Waals surface area contributed by atoms with E-state index in [1.54, 1.807) is 22.7 Å².